The molecule has 0 bridgehead atoms. The quantitative estimate of drug-likeness (QED) is 0.403. The molecule has 0 aromatic rings. The van der Waals surface area contributed by atoms with Crippen molar-refractivity contribution in [3.63, 3.8) is 0 Å². The van der Waals surface area contributed by atoms with Gasteiger partial charge in [0.1, 0.15) is 24.7 Å². The lowest BCUT2D eigenvalue weighted by atomic mass is 9.77. The molecular weight excluding hydrogens is 328 g/mol. The van der Waals surface area contributed by atoms with Crippen molar-refractivity contribution in [3.05, 3.63) is 0 Å². The van der Waals surface area contributed by atoms with Crippen molar-refractivity contribution < 1.29 is 49.2 Å². The van der Waals surface area contributed by atoms with Crippen LogP contribution in [0.2, 0.25) is 0 Å². The maximum atomic E-state index is 11.4. The van der Waals surface area contributed by atoms with E-state index in [4.69, 9.17) is 20.4 Å². The first-order valence-electron chi connectivity index (χ1n) is 6.86. The number of carbonyl (C=O) groups excluding carboxylic acids is 2. The predicted octanol–water partition coefficient (Wildman–Crippen LogP) is 0.426. The summed E-state index contributed by atoms with van der Waals surface area (Å²) in [5.74, 6) is -6.66. The Hall–Kier alpha value is -2.78. The van der Waals surface area contributed by atoms with Crippen LogP contribution in [-0.2, 0) is 28.8 Å². The van der Waals surface area contributed by atoms with Crippen LogP contribution in [0, 0.1) is 5.41 Å². The number of hydrogen-bond acceptors (Lipinski definition) is 6. The fourth-order valence-electron chi connectivity index (χ4n) is 1.77. The average molecular weight is 348 g/mol. The molecule has 0 aromatic carbocycles. The molecule has 136 valence electrons. The molecule has 4 N–H and O–H groups in total. The van der Waals surface area contributed by atoms with Gasteiger partial charge in [0, 0.05) is 0 Å². The minimum atomic E-state index is -1.53. The number of carboxylic acid groups (broad SMARTS) is 4. The third-order valence-corrected chi connectivity index (χ3v) is 3.16. The molecule has 0 radical (unpaired) electrons. The molecule has 0 aliphatic rings. The van der Waals surface area contributed by atoms with Crippen LogP contribution in [-0.4, -0.2) is 55.9 Å². The Morgan fingerprint density at radius 1 is 0.667 bits per heavy atom. The Labute approximate surface area is 137 Å². The summed E-state index contributed by atoms with van der Waals surface area (Å²) in [7, 11) is 0. The van der Waals surface area contributed by atoms with Gasteiger partial charge < -0.3 is 20.4 Å². The molecule has 0 aliphatic heterocycles. The van der Waals surface area contributed by atoms with E-state index in [9.17, 15) is 28.8 Å². The van der Waals surface area contributed by atoms with Crippen LogP contribution in [0.3, 0.4) is 0 Å². The van der Waals surface area contributed by atoms with Gasteiger partial charge in [-0.1, -0.05) is 13.8 Å². The summed E-state index contributed by atoms with van der Waals surface area (Å²) in [6.07, 6.45) is -1.93. The zero-order valence-electron chi connectivity index (χ0n) is 13.3. The second kappa shape index (κ2) is 10.9. The number of carboxylic acids is 4. The number of carbonyl (C=O) groups is 6. The normalized spacial score (nSPS) is 10.1. The molecule has 0 heterocycles. The van der Waals surface area contributed by atoms with Crippen molar-refractivity contribution in [1.82, 2.24) is 0 Å². The second-order valence-electron chi connectivity index (χ2n) is 4.77. The van der Waals surface area contributed by atoms with Gasteiger partial charge in [-0.3, -0.25) is 28.8 Å². The molecular formula is C14H20O10. The van der Waals surface area contributed by atoms with E-state index in [1.807, 2.05) is 0 Å². The highest BCUT2D eigenvalue weighted by Gasteiger charge is 2.42. The van der Waals surface area contributed by atoms with Gasteiger partial charge in [0.2, 0.25) is 0 Å². The van der Waals surface area contributed by atoms with Gasteiger partial charge in [-0.05, 0) is 12.8 Å². The Morgan fingerprint density at radius 3 is 1.21 bits per heavy atom. The van der Waals surface area contributed by atoms with Gasteiger partial charge in [-0.2, -0.15) is 0 Å². The summed E-state index contributed by atoms with van der Waals surface area (Å²) in [5.41, 5.74) is -1.53. The molecule has 10 nitrogen and oxygen atoms in total. The largest absolute Gasteiger partial charge is 0.481 e. The SMILES string of the molecule is CCC(CC)(C(=O)O)C(=O)CC(=O)O.O=C(O)CC(=O)CC(=O)O. The van der Waals surface area contributed by atoms with E-state index in [-0.39, 0.29) is 12.8 Å². The molecule has 10 heteroatoms. The van der Waals surface area contributed by atoms with Gasteiger partial charge in [-0.15, -0.1) is 0 Å². The van der Waals surface area contributed by atoms with E-state index in [1.165, 1.54) is 0 Å². The Balaban J connectivity index is 0. The van der Waals surface area contributed by atoms with Crippen LogP contribution < -0.4 is 0 Å². The third kappa shape index (κ3) is 8.61. The standard InChI is InChI=1S/C9H14O5.C5H6O5/c1-3-9(4-2,8(13)14)6(10)5-7(11)12;6-3(1-4(7)8)2-5(9)10/h3-5H2,1-2H3,(H,11,12)(H,13,14);1-2H2,(H,7,8)(H,9,10). The molecule has 0 spiro atoms. The summed E-state index contributed by atoms with van der Waals surface area (Å²) in [4.78, 5) is 62.5. The zero-order valence-corrected chi connectivity index (χ0v) is 13.3. The Kier molecular flexibility index (Phi) is 10.6. The first-order valence-corrected chi connectivity index (χ1v) is 6.86. The second-order valence-corrected chi connectivity index (χ2v) is 4.77. The molecule has 0 rings (SSSR count). The average Bonchev–Trinajstić information content (AvgIpc) is 2.38. The number of ketones is 2. The fourth-order valence-corrected chi connectivity index (χ4v) is 1.77. The number of hydrogen-bond donors (Lipinski definition) is 4. The van der Waals surface area contributed by atoms with Crippen molar-refractivity contribution in [2.24, 2.45) is 5.41 Å². The van der Waals surface area contributed by atoms with E-state index in [0.717, 1.165) is 0 Å². The predicted molar refractivity (Wildman–Crippen MR) is 77.4 cm³/mol. The Bertz CT molecular complexity index is 498. The maximum absolute atomic E-state index is 11.4. The van der Waals surface area contributed by atoms with Crippen molar-refractivity contribution in [1.29, 1.82) is 0 Å². The van der Waals surface area contributed by atoms with Crippen molar-refractivity contribution in [2.75, 3.05) is 0 Å². The molecule has 24 heavy (non-hydrogen) atoms. The van der Waals surface area contributed by atoms with Gasteiger partial charge in [0.25, 0.3) is 0 Å². The lowest BCUT2D eigenvalue weighted by Gasteiger charge is -2.23. The highest BCUT2D eigenvalue weighted by molar-refractivity contribution is 6.08. The fraction of sp³-hybridized carbons (Fsp3) is 0.571. The number of rotatable bonds is 10. The van der Waals surface area contributed by atoms with Crippen LogP contribution in [0.1, 0.15) is 46.0 Å². The van der Waals surface area contributed by atoms with Crippen molar-refractivity contribution in [3.8, 4) is 0 Å². The van der Waals surface area contributed by atoms with Crippen molar-refractivity contribution in [2.45, 2.75) is 46.0 Å². The highest BCUT2D eigenvalue weighted by atomic mass is 16.4. The van der Waals surface area contributed by atoms with Gasteiger partial charge >= 0.3 is 23.9 Å². The van der Waals surface area contributed by atoms with E-state index >= 15 is 0 Å². The molecule has 0 saturated heterocycles. The van der Waals surface area contributed by atoms with Gasteiger partial charge in [-0.25, -0.2) is 0 Å². The third-order valence-electron chi connectivity index (χ3n) is 3.16. The molecule has 0 saturated carbocycles. The van der Waals surface area contributed by atoms with Crippen LogP contribution in [0.15, 0.2) is 0 Å². The summed E-state index contributed by atoms with van der Waals surface area (Å²) in [6.45, 7) is 3.13. The first-order chi connectivity index (χ1) is 10.9. The minimum absolute atomic E-state index is 0.116. The van der Waals surface area contributed by atoms with Crippen LogP contribution in [0.5, 0.6) is 0 Å². The van der Waals surface area contributed by atoms with E-state index < -0.39 is 60.1 Å². The molecule has 0 fully saturated rings. The Morgan fingerprint density at radius 2 is 1.00 bits per heavy atom. The van der Waals surface area contributed by atoms with Crippen LogP contribution in [0.25, 0.3) is 0 Å². The number of Topliss-reactive ketones (excluding diaryl/α,β-unsaturated/α-hetero) is 2. The lowest BCUT2D eigenvalue weighted by Crippen LogP contribution is -2.39. The summed E-state index contributed by atoms with van der Waals surface area (Å²) >= 11 is 0. The van der Waals surface area contributed by atoms with E-state index in [1.54, 1.807) is 13.8 Å². The molecule has 0 amide bonds. The van der Waals surface area contributed by atoms with E-state index in [0.29, 0.717) is 0 Å². The van der Waals surface area contributed by atoms with Gasteiger partial charge in [0.15, 0.2) is 11.6 Å². The first kappa shape index (κ1) is 23.5. The smallest absolute Gasteiger partial charge is 0.317 e. The maximum Gasteiger partial charge on any atom is 0.317 e. The molecule has 0 aromatic heterocycles. The highest BCUT2D eigenvalue weighted by Crippen LogP contribution is 2.29. The summed E-state index contributed by atoms with van der Waals surface area (Å²) < 4.78 is 0. The molecule has 0 atom stereocenters. The lowest BCUT2D eigenvalue weighted by molar-refractivity contribution is -0.157. The monoisotopic (exact) mass is 348 g/mol. The summed E-state index contributed by atoms with van der Waals surface area (Å²) in [5, 5.41) is 33.3. The van der Waals surface area contributed by atoms with Crippen LogP contribution >= 0.6 is 0 Å². The van der Waals surface area contributed by atoms with Crippen molar-refractivity contribution >= 4 is 35.4 Å². The topological polar surface area (TPSA) is 183 Å². The zero-order chi connectivity index (χ0) is 19.5. The minimum Gasteiger partial charge on any atom is -0.481 e. The van der Waals surface area contributed by atoms with Gasteiger partial charge in [0.05, 0.1) is 0 Å². The van der Waals surface area contributed by atoms with Crippen LogP contribution in [0.4, 0.5) is 0 Å². The van der Waals surface area contributed by atoms with E-state index in [2.05, 4.69) is 0 Å². The molecule has 0 aliphatic carbocycles. The summed E-state index contributed by atoms with van der Waals surface area (Å²) in [6, 6.07) is 0. The molecule has 0 unspecified atom stereocenters. The number of aliphatic carboxylic acids is 4.